The lowest BCUT2D eigenvalue weighted by atomic mass is 10.0. The van der Waals surface area contributed by atoms with Crippen molar-refractivity contribution in [1.82, 2.24) is 9.55 Å². The van der Waals surface area contributed by atoms with Crippen LogP contribution in [-0.2, 0) is 0 Å². The third kappa shape index (κ3) is 3.03. The van der Waals surface area contributed by atoms with E-state index in [9.17, 15) is 0 Å². The molecule has 0 bridgehead atoms. The van der Waals surface area contributed by atoms with Crippen molar-refractivity contribution in [3.63, 3.8) is 0 Å². The van der Waals surface area contributed by atoms with Gasteiger partial charge in [-0.3, -0.25) is 0 Å². The van der Waals surface area contributed by atoms with E-state index in [0.29, 0.717) is 12.0 Å². The molecule has 2 N–H and O–H groups in total. The summed E-state index contributed by atoms with van der Waals surface area (Å²) in [6, 6.07) is 6.19. The van der Waals surface area contributed by atoms with Gasteiger partial charge in [0.2, 0.25) is 5.95 Å². The molecule has 0 radical (unpaired) electrons. The van der Waals surface area contributed by atoms with E-state index in [4.69, 9.17) is 17.3 Å². The predicted octanol–water partition coefficient (Wildman–Crippen LogP) is 4.80. The van der Waals surface area contributed by atoms with Crippen molar-refractivity contribution in [3.05, 3.63) is 23.2 Å². The lowest BCUT2D eigenvalue weighted by Gasteiger charge is -2.20. The topological polar surface area (TPSA) is 43.8 Å². The van der Waals surface area contributed by atoms with Crippen molar-refractivity contribution in [2.75, 3.05) is 5.73 Å². The molecule has 3 nitrogen and oxygen atoms in total. The summed E-state index contributed by atoms with van der Waals surface area (Å²) in [5.41, 5.74) is 8.10. The van der Waals surface area contributed by atoms with Crippen molar-refractivity contribution < 1.29 is 0 Å². The van der Waals surface area contributed by atoms with Gasteiger partial charge in [0.25, 0.3) is 0 Å². The largest absolute Gasteiger partial charge is 0.369 e. The van der Waals surface area contributed by atoms with Gasteiger partial charge in [0, 0.05) is 11.1 Å². The third-order valence-corrected chi connectivity index (χ3v) is 3.79. The standard InChI is InChI=1S/C15H22ClN3/c1-3-5-7-12(6-4-2)19-14-10-11(16)8-9-13(14)18-15(19)17/h8-10,12H,3-7H2,1-2H3,(H2,17,18). The minimum Gasteiger partial charge on any atom is -0.369 e. The fraction of sp³-hybridized carbons (Fsp3) is 0.533. The first-order chi connectivity index (χ1) is 9.17. The quantitative estimate of drug-likeness (QED) is 0.825. The summed E-state index contributed by atoms with van der Waals surface area (Å²) < 4.78 is 2.17. The molecule has 0 fully saturated rings. The molecule has 1 aromatic heterocycles. The SMILES string of the molecule is CCCCC(CCC)n1c(N)nc2ccc(Cl)cc21. The lowest BCUT2D eigenvalue weighted by molar-refractivity contribution is 0.430. The Bertz CT molecular complexity index is 548. The van der Waals surface area contributed by atoms with Crippen molar-refractivity contribution in [2.24, 2.45) is 0 Å². The number of hydrogen-bond donors (Lipinski definition) is 1. The number of rotatable bonds is 6. The number of fused-ring (bicyclic) bond motifs is 1. The van der Waals surface area contributed by atoms with Gasteiger partial charge in [-0.05, 0) is 31.0 Å². The number of anilines is 1. The summed E-state index contributed by atoms with van der Waals surface area (Å²) >= 11 is 6.10. The van der Waals surface area contributed by atoms with E-state index in [1.807, 2.05) is 18.2 Å². The van der Waals surface area contributed by atoms with Crippen molar-refractivity contribution >= 4 is 28.6 Å². The van der Waals surface area contributed by atoms with E-state index >= 15 is 0 Å². The molecule has 0 saturated heterocycles. The number of unbranched alkanes of at least 4 members (excludes halogenated alkanes) is 1. The number of benzene rings is 1. The first-order valence-corrected chi connectivity index (χ1v) is 7.48. The molecule has 0 aliphatic heterocycles. The maximum atomic E-state index is 6.12. The van der Waals surface area contributed by atoms with Crippen LogP contribution in [-0.4, -0.2) is 9.55 Å². The zero-order valence-electron chi connectivity index (χ0n) is 11.7. The number of hydrogen-bond acceptors (Lipinski definition) is 2. The summed E-state index contributed by atoms with van der Waals surface area (Å²) in [5, 5.41) is 0.736. The Morgan fingerprint density at radius 1 is 1.26 bits per heavy atom. The normalized spacial score (nSPS) is 13.0. The molecule has 104 valence electrons. The van der Waals surface area contributed by atoms with Gasteiger partial charge in [-0.25, -0.2) is 4.98 Å². The number of nitrogens with two attached hydrogens (primary N) is 1. The molecule has 4 heteroatoms. The van der Waals surface area contributed by atoms with Crippen LogP contribution in [0.25, 0.3) is 11.0 Å². The molecule has 1 aromatic carbocycles. The van der Waals surface area contributed by atoms with E-state index in [2.05, 4.69) is 23.4 Å². The van der Waals surface area contributed by atoms with Crippen molar-refractivity contribution in [3.8, 4) is 0 Å². The van der Waals surface area contributed by atoms with E-state index < -0.39 is 0 Å². The Balaban J connectivity index is 2.44. The second-order valence-corrected chi connectivity index (χ2v) is 5.49. The fourth-order valence-electron chi connectivity index (χ4n) is 2.64. The molecule has 2 aromatic rings. The summed E-state index contributed by atoms with van der Waals surface area (Å²) in [7, 11) is 0. The molecule has 19 heavy (non-hydrogen) atoms. The first kappa shape index (κ1) is 14.2. The number of imidazole rings is 1. The molecule has 1 heterocycles. The highest BCUT2D eigenvalue weighted by atomic mass is 35.5. The monoisotopic (exact) mass is 279 g/mol. The molecule has 0 aliphatic rings. The average molecular weight is 280 g/mol. The predicted molar refractivity (Wildman–Crippen MR) is 82.6 cm³/mol. The molecule has 2 rings (SSSR count). The van der Waals surface area contributed by atoms with Gasteiger partial charge < -0.3 is 10.3 Å². The highest BCUT2D eigenvalue weighted by Gasteiger charge is 2.17. The third-order valence-electron chi connectivity index (χ3n) is 3.56. The first-order valence-electron chi connectivity index (χ1n) is 7.10. The van der Waals surface area contributed by atoms with Gasteiger partial charge in [-0.2, -0.15) is 0 Å². The van der Waals surface area contributed by atoms with Crippen LogP contribution in [0.2, 0.25) is 5.02 Å². The molecule has 0 aliphatic carbocycles. The van der Waals surface area contributed by atoms with Gasteiger partial charge in [-0.1, -0.05) is 44.7 Å². The number of nitrogen functional groups attached to an aromatic ring is 1. The van der Waals surface area contributed by atoms with Crippen LogP contribution in [0.4, 0.5) is 5.95 Å². The van der Waals surface area contributed by atoms with Gasteiger partial charge in [0.1, 0.15) is 0 Å². The highest BCUT2D eigenvalue weighted by Crippen LogP contribution is 2.30. The minimum atomic E-state index is 0.424. The number of nitrogens with zero attached hydrogens (tertiary/aromatic N) is 2. The Labute approximate surface area is 119 Å². The lowest BCUT2D eigenvalue weighted by Crippen LogP contribution is -2.12. The second-order valence-electron chi connectivity index (χ2n) is 5.06. The van der Waals surface area contributed by atoms with E-state index in [-0.39, 0.29) is 0 Å². The fourth-order valence-corrected chi connectivity index (χ4v) is 2.81. The summed E-state index contributed by atoms with van der Waals surface area (Å²) in [4.78, 5) is 4.45. The molecule has 1 atom stereocenters. The van der Waals surface area contributed by atoms with E-state index in [1.165, 1.54) is 12.8 Å². The van der Waals surface area contributed by atoms with Crippen LogP contribution in [0.1, 0.15) is 52.0 Å². The second kappa shape index (κ2) is 6.29. The number of aromatic nitrogens is 2. The molecule has 1 unspecified atom stereocenters. The van der Waals surface area contributed by atoms with Gasteiger partial charge >= 0.3 is 0 Å². The Morgan fingerprint density at radius 2 is 2.05 bits per heavy atom. The molecule has 0 amide bonds. The molecular weight excluding hydrogens is 258 g/mol. The average Bonchev–Trinajstić information content (AvgIpc) is 2.70. The smallest absolute Gasteiger partial charge is 0.201 e. The van der Waals surface area contributed by atoms with Crippen molar-refractivity contribution in [2.45, 2.75) is 52.0 Å². The maximum Gasteiger partial charge on any atom is 0.201 e. The molecule has 0 saturated carbocycles. The van der Waals surface area contributed by atoms with Crippen LogP contribution < -0.4 is 5.73 Å². The van der Waals surface area contributed by atoms with Gasteiger partial charge in [-0.15, -0.1) is 0 Å². The van der Waals surface area contributed by atoms with Gasteiger partial charge in [0.15, 0.2) is 0 Å². The summed E-state index contributed by atoms with van der Waals surface area (Å²) in [6.07, 6.45) is 5.83. The number of halogens is 1. The van der Waals surface area contributed by atoms with Crippen LogP contribution in [0.3, 0.4) is 0 Å². The van der Waals surface area contributed by atoms with E-state index in [1.54, 1.807) is 0 Å². The zero-order chi connectivity index (χ0) is 13.8. The summed E-state index contributed by atoms with van der Waals surface area (Å²) in [6.45, 7) is 4.43. The van der Waals surface area contributed by atoms with Crippen LogP contribution in [0.5, 0.6) is 0 Å². The summed E-state index contributed by atoms with van der Waals surface area (Å²) in [5.74, 6) is 0.604. The minimum absolute atomic E-state index is 0.424. The zero-order valence-corrected chi connectivity index (χ0v) is 12.5. The van der Waals surface area contributed by atoms with Crippen LogP contribution >= 0.6 is 11.6 Å². The maximum absolute atomic E-state index is 6.12. The van der Waals surface area contributed by atoms with Crippen LogP contribution in [0.15, 0.2) is 18.2 Å². The highest BCUT2D eigenvalue weighted by molar-refractivity contribution is 6.31. The Hall–Kier alpha value is -1.22. The van der Waals surface area contributed by atoms with Crippen molar-refractivity contribution in [1.29, 1.82) is 0 Å². The Morgan fingerprint density at radius 3 is 2.74 bits per heavy atom. The Kier molecular flexibility index (Phi) is 4.70. The molecule has 0 spiro atoms. The van der Waals surface area contributed by atoms with E-state index in [0.717, 1.165) is 35.3 Å². The molecular formula is C15H22ClN3. The van der Waals surface area contributed by atoms with Gasteiger partial charge in [0.05, 0.1) is 11.0 Å². The van der Waals surface area contributed by atoms with Crippen LogP contribution in [0, 0.1) is 0 Å².